The zero-order valence-corrected chi connectivity index (χ0v) is 20.6. The number of benzene rings is 1. The van der Waals surface area contributed by atoms with Gasteiger partial charge in [0.1, 0.15) is 17.7 Å². The van der Waals surface area contributed by atoms with Gasteiger partial charge in [-0.3, -0.25) is 0 Å². The molecule has 0 spiro atoms. The molecule has 9 heteroatoms. The molecule has 0 radical (unpaired) electrons. The summed E-state index contributed by atoms with van der Waals surface area (Å²) in [6.45, 7) is 9.41. The fourth-order valence-corrected chi connectivity index (χ4v) is 5.25. The van der Waals surface area contributed by atoms with Crippen molar-refractivity contribution < 1.29 is 13.2 Å². The van der Waals surface area contributed by atoms with Gasteiger partial charge in [-0.05, 0) is 53.0 Å². The van der Waals surface area contributed by atoms with E-state index in [1.165, 1.54) is 0 Å². The first-order valence-electron chi connectivity index (χ1n) is 11.3. The van der Waals surface area contributed by atoms with Crippen molar-refractivity contribution in [1.29, 1.82) is 0 Å². The van der Waals surface area contributed by atoms with Gasteiger partial charge >= 0.3 is 0 Å². The molecule has 176 valence electrons. The number of aromatic nitrogens is 5. The van der Waals surface area contributed by atoms with Crippen molar-refractivity contribution in [3.63, 3.8) is 0 Å². The average Bonchev–Trinajstić information content (AvgIpc) is 3.38. The lowest BCUT2D eigenvalue weighted by molar-refractivity contribution is 0.00140. The second kappa shape index (κ2) is 8.95. The fraction of sp³-hybridized carbons (Fsp3) is 0.500. The lowest BCUT2D eigenvalue weighted by Crippen LogP contribution is -2.32. The Morgan fingerprint density at radius 1 is 1.06 bits per heavy atom. The molecule has 1 aliphatic rings. The number of nitrogens with zero attached hydrogens (tertiary/aromatic N) is 5. The maximum atomic E-state index is 13.6. The van der Waals surface area contributed by atoms with E-state index in [1.807, 2.05) is 55.7 Å². The Bertz CT molecular complexity index is 1200. The van der Waals surface area contributed by atoms with E-state index in [1.54, 1.807) is 19.3 Å². The van der Waals surface area contributed by atoms with Crippen LogP contribution in [-0.2, 0) is 25.9 Å². The minimum absolute atomic E-state index is 0.170. The molecule has 1 aliphatic carbocycles. The lowest BCUT2D eigenvalue weighted by atomic mass is 10.2. The summed E-state index contributed by atoms with van der Waals surface area (Å²) >= 11 is 0. The fourth-order valence-electron chi connectivity index (χ4n) is 3.88. The molecule has 0 aliphatic heterocycles. The van der Waals surface area contributed by atoms with E-state index in [2.05, 4.69) is 27.1 Å². The number of rotatable bonds is 9. The molecule has 4 rings (SSSR count). The van der Waals surface area contributed by atoms with Gasteiger partial charge in [0, 0.05) is 23.5 Å². The van der Waals surface area contributed by atoms with Crippen LogP contribution in [0.3, 0.4) is 0 Å². The Hall–Kier alpha value is -2.65. The molecule has 2 heterocycles. The van der Waals surface area contributed by atoms with Crippen LogP contribution in [0.15, 0.2) is 42.7 Å². The van der Waals surface area contributed by atoms with E-state index in [4.69, 9.17) is 4.74 Å². The molecule has 1 saturated carbocycles. The first kappa shape index (κ1) is 23.5. The Labute approximate surface area is 195 Å². The number of hydrogen-bond donors (Lipinski definition) is 0. The molecule has 3 aromatic rings. The molecular weight excluding hydrogens is 438 g/mol. The van der Waals surface area contributed by atoms with Crippen LogP contribution in [0.25, 0.3) is 11.4 Å². The molecule has 1 aromatic carbocycles. The summed E-state index contributed by atoms with van der Waals surface area (Å²) in [5.74, 6) is 1.29. The van der Waals surface area contributed by atoms with Gasteiger partial charge in [-0.1, -0.05) is 30.3 Å². The second-order valence-corrected chi connectivity index (χ2v) is 11.7. The Morgan fingerprint density at radius 2 is 1.70 bits per heavy atom. The summed E-state index contributed by atoms with van der Waals surface area (Å²) in [5.41, 5.74) is 1.65. The third kappa shape index (κ3) is 4.99. The first-order chi connectivity index (χ1) is 15.6. The van der Waals surface area contributed by atoms with E-state index < -0.39 is 21.2 Å². The summed E-state index contributed by atoms with van der Waals surface area (Å²) in [5, 5.41) is 7.86. The highest BCUT2D eigenvalue weighted by Gasteiger charge is 2.44. The van der Waals surface area contributed by atoms with Crippen LogP contribution in [0, 0.1) is 6.92 Å². The summed E-state index contributed by atoms with van der Waals surface area (Å²) in [4.78, 5) is 8.70. The van der Waals surface area contributed by atoms with Crippen LogP contribution >= 0.6 is 0 Å². The van der Waals surface area contributed by atoms with Crippen molar-refractivity contribution >= 4 is 9.84 Å². The van der Waals surface area contributed by atoms with Crippen molar-refractivity contribution in [3.8, 4) is 11.4 Å². The van der Waals surface area contributed by atoms with E-state index in [9.17, 15) is 8.42 Å². The van der Waals surface area contributed by atoms with Gasteiger partial charge in [-0.2, -0.15) is 0 Å². The third-order valence-electron chi connectivity index (χ3n) is 6.07. The zero-order chi connectivity index (χ0) is 23.8. The Balaban J connectivity index is 1.68. The van der Waals surface area contributed by atoms with Gasteiger partial charge < -0.3 is 9.30 Å². The second-order valence-electron chi connectivity index (χ2n) is 9.37. The van der Waals surface area contributed by atoms with Crippen LogP contribution in [-0.4, -0.2) is 44.5 Å². The van der Waals surface area contributed by atoms with Crippen molar-refractivity contribution in [2.75, 3.05) is 0 Å². The third-order valence-corrected chi connectivity index (χ3v) is 8.11. The van der Waals surface area contributed by atoms with E-state index >= 15 is 0 Å². The Morgan fingerprint density at radius 3 is 2.27 bits per heavy atom. The summed E-state index contributed by atoms with van der Waals surface area (Å²) in [6, 6.07) is 9.76. The molecular formula is C24H31N5O3S. The average molecular weight is 470 g/mol. The lowest BCUT2D eigenvalue weighted by Gasteiger charge is -2.25. The van der Waals surface area contributed by atoms with Crippen molar-refractivity contribution in [1.82, 2.24) is 24.7 Å². The molecule has 0 saturated heterocycles. The smallest absolute Gasteiger partial charge is 0.164 e. The highest BCUT2D eigenvalue weighted by atomic mass is 32.2. The number of sulfone groups is 1. The molecule has 2 aromatic heterocycles. The van der Waals surface area contributed by atoms with Crippen LogP contribution in [0.1, 0.15) is 63.9 Å². The van der Waals surface area contributed by atoms with Crippen LogP contribution in [0.4, 0.5) is 0 Å². The zero-order valence-electron chi connectivity index (χ0n) is 19.8. The normalized spacial score (nSPS) is 17.2. The van der Waals surface area contributed by atoms with Crippen LogP contribution in [0.2, 0.25) is 0 Å². The predicted molar refractivity (Wildman–Crippen MR) is 126 cm³/mol. The summed E-state index contributed by atoms with van der Waals surface area (Å²) < 4.78 is 35.2. The molecule has 8 nitrogen and oxygen atoms in total. The number of hydrogen-bond acceptors (Lipinski definition) is 7. The predicted octanol–water partition coefficient (Wildman–Crippen LogP) is 4.02. The number of ether oxygens (including phenoxy) is 1. The highest BCUT2D eigenvalue weighted by molar-refractivity contribution is 7.91. The molecule has 1 fully saturated rings. The molecule has 0 bridgehead atoms. The topological polar surface area (TPSA) is 99.9 Å². The van der Waals surface area contributed by atoms with Gasteiger partial charge in [0.2, 0.25) is 0 Å². The summed E-state index contributed by atoms with van der Waals surface area (Å²) in [7, 11) is -3.67. The Kier molecular flexibility index (Phi) is 6.37. The maximum absolute atomic E-state index is 13.6. The largest absolute Gasteiger partial charge is 0.366 e. The number of aryl methyl sites for hydroxylation is 1. The van der Waals surface area contributed by atoms with Crippen molar-refractivity contribution in [2.45, 2.75) is 76.2 Å². The molecule has 0 unspecified atom stereocenters. The van der Waals surface area contributed by atoms with Gasteiger partial charge in [-0.15, -0.1) is 10.2 Å². The van der Waals surface area contributed by atoms with Gasteiger partial charge in [0.05, 0.1) is 11.4 Å². The van der Waals surface area contributed by atoms with Gasteiger partial charge in [0.15, 0.2) is 21.5 Å². The highest BCUT2D eigenvalue weighted by Crippen LogP contribution is 2.46. The van der Waals surface area contributed by atoms with Crippen LogP contribution in [0.5, 0.6) is 0 Å². The monoisotopic (exact) mass is 469 g/mol. The first-order valence-corrected chi connectivity index (χ1v) is 13.0. The SMILES string of the molecule is Cc1cnc([C@H](OC(C)C)[C@H](C)S(=O)(=O)Cc2nnc(-c3ccccc3)n2C2(C)CC2)nc1. The van der Waals surface area contributed by atoms with Gasteiger partial charge in [0.25, 0.3) is 0 Å². The van der Waals surface area contributed by atoms with E-state index in [-0.39, 0.29) is 17.4 Å². The van der Waals surface area contributed by atoms with Crippen LogP contribution < -0.4 is 0 Å². The van der Waals surface area contributed by atoms with Gasteiger partial charge in [-0.25, -0.2) is 18.4 Å². The van der Waals surface area contributed by atoms with Crippen molar-refractivity contribution in [2.24, 2.45) is 0 Å². The molecule has 0 N–H and O–H groups in total. The minimum Gasteiger partial charge on any atom is -0.366 e. The van der Waals surface area contributed by atoms with E-state index in [0.29, 0.717) is 17.5 Å². The van der Waals surface area contributed by atoms with E-state index in [0.717, 1.165) is 24.0 Å². The standard InChI is InChI=1S/C24H31N5O3S/c1-16(2)32-21(22-25-13-17(3)14-26-22)18(4)33(30,31)15-20-27-28-23(19-9-7-6-8-10-19)29(20)24(5)11-12-24/h6-10,13-14,16,18,21H,11-12,15H2,1-5H3/t18-,21+/m0/s1. The molecule has 0 amide bonds. The quantitative estimate of drug-likeness (QED) is 0.466. The molecule has 33 heavy (non-hydrogen) atoms. The minimum atomic E-state index is -3.67. The molecule has 2 atom stereocenters. The maximum Gasteiger partial charge on any atom is 0.164 e. The van der Waals surface area contributed by atoms with Crippen molar-refractivity contribution in [3.05, 3.63) is 59.9 Å². The summed E-state index contributed by atoms with van der Waals surface area (Å²) in [6.07, 6.45) is 4.31.